The maximum absolute atomic E-state index is 9.82. The normalized spacial score (nSPS) is 18.1. The van der Waals surface area contributed by atoms with Crippen LogP contribution in [0.25, 0.3) is 0 Å². The average molecular weight is 204 g/mol. The van der Waals surface area contributed by atoms with E-state index in [9.17, 15) is 5.11 Å². The van der Waals surface area contributed by atoms with Gasteiger partial charge in [0, 0.05) is 0 Å². The highest BCUT2D eigenvalue weighted by atomic mass is 16.3. The molecule has 1 nitrogen and oxygen atoms in total. The van der Waals surface area contributed by atoms with E-state index in [0.717, 1.165) is 25.7 Å². The Hall–Kier alpha value is -0.820. The first-order valence-corrected chi connectivity index (χ1v) is 5.91. The Morgan fingerprint density at radius 2 is 1.93 bits per heavy atom. The second-order valence-electron chi connectivity index (χ2n) is 5.08. The van der Waals surface area contributed by atoms with E-state index in [4.69, 9.17) is 0 Å². The number of hydrogen-bond donors (Lipinski definition) is 1. The molecule has 1 saturated carbocycles. The molecule has 0 aliphatic heterocycles. The number of rotatable bonds is 4. The van der Waals surface area contributed by atoms with Crippen molar-refractivity contribution >= 4 is 0 Å². The SMILES string of the molecule is CC(C)c1ccccc1CCC1(O)CC1. The largest absolute Gasteiger partial charge is 0.390 e. The first kappa shape index (κ1) is 10.7. The third-order valence-electron chi connectivity index (χ3n) is 3.36. The van der Waals surface area contributed by atoms with Gasteiger partial charge < -0.3 is 5.11 Å². The summed E-state index contributed by atoms with van der Waals surface area (Å²) in [6, 6.07) is 8.60. The monoisotopic (exact) mass is 204 g/mol. The number of benzene rings is 1. The van der Waals surface area contributed by atoms with E-state index in [1.807, 2.05) is 0 Å². The Labute approximate surface area is 92.1 Å². The molecule has 0 unspecified atom stereocenters. The van der Waals surface area contributed by atoms with E-state index in [0.29, 0.717) is 5.92 Å². The third kappa shape index (κ3) is 2.60. The van der Waals surface area contributed by atoms with Crippen LogP contribution in [0.3, 0.4) is 0 Å². The molecular formula is C14H20O. The van der Waals surface area contributed by atoms with Gasteiger partial charge in [-0.1, -0.05) is 38.1 Å². The molecule has 1 aliphatic rings. The molecule has 1 aromatic carbocycles. The van der Waals surface area contributed by atoms with Crippen LogP contribution in [-0.4, -0.2) is 10.7 Å². The van der Waals surface area contributed by atoms with Crippen LogP contribution < -0.4 is 0 Å². The van der Waals surface area contributed by atoms with E-state index in [2.05, 4.69) is 38.1 Å². The quantitative estimate of drug-likeness (QED) is 0.798. The molecule has 1 aromatic rings. The van der Waals surface area contributed by atoms with E-state index in [-0.39, 0.29) is 5.60 Å². The summed E-state index contributed by atoms with van der Waals surface area (Å²) in [7, 11) is 0. The van der Waals surface area contributed by atoms with E-state index in [1.54, 1.807) is 0 Å². The molecule has 0 radical (unpaired) electrons. The van der Waals surface area contributed by atoms with Gasteiger partial charge in [0.2, 0.25) is 0 Å². The van der Waals surface area contributed by atoms with E-state index < -0.39 is 0 Å². The van der Waals surface area contributed by atoms with E-state index in [1.165, 1.54) is 11.1 Å². The van der Waals surface area contributed by atoms with Gasteiger partial charge in [0.15, 0.2) is 0 Å². The molecule has 0 heterocycles. The van der Waals surface area contributed by atoms with Crippen LogP contribution in [0.2, 0.25) is 0 Å². The van der Waals surface area contributed by atoms with Gasteiger partial charge in [0.1, 0.15) is 0 Å². The molecule has 1 heteroatoms. The minimum Gasteiger partial charge on any atom is -0.390 e. The third-order valence-corrected chi connectivity index (χ3v) is 3.36. The van der Waals surface area contributed by atoms with Crippen molar-refractivity contribution in [2.75, 3.05) is 0 Å². The van der Waals surface area contributed by atoms with Gasteiger partial charge in [-0.05, 0) is 42.7 Å². The Balaban J connectivity index is 2.06. The van der Waals surface area contributed by atoms with Crippen molar-refractivity contribution in [3.63, 3.8) is 0 Å². The van der Waals surface area contributed by atoms with Crippen LogP contribution in [0.4, 0.5) is 0 Å². The van der Waals surface area contributed by atoms with Crippen LogP contribution in [0, 0.1) is 0 Å². The van der Waals surface area contributed by atoms with Gasteiger partial charge >= 0.3 is 0 Å². The zero-order valence-corrected chi connectivity index (χ0v) is 9.66. The number of aliphatic hydroxyl groups is 1. The van der Waals surface area contributed by atoms with Gasteiger partial charge in [0.25, 0.3) is 0 Å². The summed E-state index contributed by atoms with van der Waals surface area (Å²) in [4.78, 5) is 0. The summed E-state index contributed by atoms with van der Waals surface area (Å²) in [5, 5.41) is 9.82. The fourth-order valence-electron chi connectivity index (χ4n) is 2.09. The summed E-state index contributed by atoms with van der Waals surface area (Å²) >= 11 is 0. The molecule has 82 valence electrons. The minimum absolute atomic E-state index is 0.315. The highest BCUT2D eigenvalue weighted by Gasteiger charge is 2.39. The number of aryl methyl sites for hydroxylation is 1. The molecule has 1 fully saturated rings. The molecule has 0 aromatic heterocycles. The molecule has 1 N–H and O–H groups in total. The summed E-state index contributed by atoms with van der Waals surface area (Å²) in [5.74, 6) is 0.579. The molecule has 1 aliphatic carbocycles. The highest BCUT2D eigenvalue weighted by Crippen LogP contribution is 2.39. The van der Waals surface area contributed by atoms with Crippen LogP contribution >= 0.6 is 0 Å². The van der Waals surface area contributed by atoms with Crippen LogP contribution in [0.1, 0.15) is 50.2 Å². The Morgan fingerprint density at radius 3 is 2.53 bits per heavy atom. The lowest BCUT2D eigenvalue weighted by atomic mass is 9.93. The van der Waals surface area contributed by atoms with Gasteiger partial charge in [-0.2, -0.15) is 0 Å². The summed E-state index contributed by atoms with van der Waals surface area (Å²) in [6.45, 7) is 4.45. The molecule has 0 amide bonds. The van der Waals surface area contributed by atoms with Crippen LogP contribution in [-0.2, 0) is 6.42 Å². The van der Waals surface area contributed by atoms with Crippen molar-refractivity contribution in [1.82, 2.24) is 0 Å². The molecule has 2 rings (SSSR count). The topological polar surface area (TPSA) is 20.2 Å². The van der Waals surface area contributed by atoms with E-state index >= 15 is 0 Å². The van der Waals surface area contributed by atoms with Crippen molar-refractivity contribution in [1.29, 1.82) is 0 Å². The average Bonchev–Trinajstić information content (AvgIpc) is 2.95. The van der Waals surface area contributed by atoms with Crippen molar-refractivity contribution in [2.45, 2.75) is 51.0 Å². The first-order chi connectivity index (χ1) is 7.11. The lowest BCUT2D eigenvalue weighted by molar-refractivity contribution is 0.140. The Morgan fingerprint density at radius 1 is 1.27 bits per heavy atom. The van der Waals surface area contributed by atoms with Gasteiger partial charge in [0.05, 0.1) is 5.60 Å². The zero-order chi connectivity index (χ0) is 10.9. The van der Waals surface area contributed by atoms with Crippen molar-refractivity contribution in [3.8, 4) is 0 Å². The molecule has 0 spiro atoms. The summed E-state index contributed by atoms with van der Waals surface area (Å²) in [5.41, 5.74) is 2.53. The Kier molecular flexibility index (Phi) is 2.83. The fraction of sp³-hybridized carbons (Fsp3) is 0.571. The lowest BCUT2D eigenvalue weighted by Crippen LogP contribution is -2.09. The maximum atomic E-state index is 9.82. The fourth-order valence-corrected chi connectivity index (χ4v) is 2.09. The summed E-state index contributed by atoms with van der Waals surface area (Å²) < 4.78 is 0. The predicted molar refractivity (Wildman–Crippen MR) is 63.0 cm³/mol. The zero-order valence-electron chi connectivity index (χ0n) is 9.66. The van der Waals surface area contributed by atoms with Gasteiger partial charge in [-0.15, -0.1) is 0 Å². The van der Waals surface area contributed by atoms with Crippen LogP contribution in [0.5, 0.6) is 0 Å². The van der Waals surface area contributed by atoms with Crippen molar-refractivity contribution < 1.29 is 5.11 Å². The number of hydrogen-bond acceptors (Lipinski definition) is 1. The predicted octanol–water partition coefficient (Wildman–Crippen LogP) is 3.27. The van der Waals surface area contributed by atoms with Crippen molar-refractivity contribution in [3.05, 3.63) is 35.4 Å². The van der Waals surface area contributed by atoms with Gasteiger partial charge in [-0.25, -0.2) is 0 Å². The highest BCUT2D eigenvalue weighted by molar-refractivity contribution is 5.30. The van der Waals surface area contributed by atoms with Gasteiger partial charge in [-0.3, -0.25) is 0 Å². The second kappa shape index (κ2) is 3.97. The van der Waals surface area contributed by atoms with Crippen LogP contribution in [0.15, 0.2) is 24.3 Å². The Bertz CT molecular complexity index is 337. The molecular weight excluding hydrogens is 184 g/mol. The summed E-state index contributed by atoms with van der Waals surface area (Å²) in [6.07, 6.45) is 3.94. The van der Waals surface area contributed by atoms with Crippen molar-refractivity contribution in [2.24, 2.45) is 0 Å². The first-order valence-electron chi connectivity index (χ1n) is 5.91. The minimum atomic E-state index is -0.315. The lowest BCUT2D eigenvalue weighted by Gasteiger charge is -2.14. The smallest absolute Gasteiger partial charge is 0.0653 e. The molecule has 0 bridgehead atoms. The molecule has 0 saturated heterocycles. The molecule has 15 heavy (non-hydrogen) atoms. The standard InChI is InChI=1S/C14H20O/c1-11(2)13-6-4-3-5-12(13)7-8-14(15)9-10-14/h3-6,11,15H,7-10H2,1-2H3. The molecule has 0 atom stereocenters. The maximum Gasteiger partial charge on any atom is 0.0653 e. The second-order valence-corrected chi connectivity index (χ2v) is 5.08.